The summed E-state index contributed by atoms with van der Waals surface area (Å²) in [4.78, 5) is 25.7. The summed E-state index contributed by atoms with van der Waals surface area (Å²) in [6, 6.07) is 5.50. The highest BCUT2D eigenvalue weighted by atomic mass is 79.9. The van der Waals surface area contributed by atoms with Gasteiger partial charge in [0.2, 0.25) is 0 Å². The minimum atomic E-state index is -0.704. The van der Waals surface area contributed by atoms with Crippen LogP contribution in [-0.2, 0) is 14.3 Å². The summed E-state index contributed by atoms with van der Waals surface area (Å²) in [7, 11) is 1.31. The molecule has 0 N–H and O–H groups in total. The molecule has 2 rings (SSSR count). The summed E-state index contributed by atoms with van der Waals surface area (Å²) in [5, 5.41) is 0. The Labute approximate surface area is 126 Å². The van der Waals surface area contributed by atoms with Crippen LogP contribution in [0.3, 0.4) is 0 Å². The molecular formula is C14H16BrNO4. The van der Waals surface area contributed by atoms with E-state index in [4.69, 9.17) is 4.74 Å². The van der Waals surface area contributed by atoms with E-state index in [1.807, 2.05) is 19.1 Å². The van der Waals surface area contributed by atoms with Gasteiger partial charge < -0.3 is 14.4 Å². The fraction of sp³-hybridized carbons (Fsp3) is 0.429. The number of rotatable bonds is 2. The van der Waals surface area contributed by atoms with E-state index in [0.29, 0.717) is 18.7 Å². The Hall–Kier alpha value is -1.40. The molecule has 0 radical (unpaired) electrons. The molecule has 1 aromatic carbocycles. The number of carbonyl (C=O) groups excluding carboxylic acids is 2. The zero-order chi connectivity index (χ0) is 14.7. The first kappa shape index (κ1) is 15.0. The number of hydrogen-bond acceptors (Lipinski definition) is 4. The first-order valence-corrected chi connectivity index (χ1v) is 7.07. The van der Waals surface area contributed by atoms with Crippen molar-refractivity contribution in [3.05, 3.63) is 33.8 Å². The second kappa shape index (κ2) is 6.37. The summed E-state index contributed by atoms with van der Waals surface area (Å²) in [5.74, 6) is -0.547. The molecule has 108 valence electrons. The van der Waals surface area contributed by atoms with Crippen LogP contribution in [0.4, 0.5) is 0 Å². The third kappa shape index (κ3) is 3.02. The zero-order valence-electron chi connectivity index (χ0n) is 11.4. The normalized spacial score (nSPS) is 18.8. The predicted octanol–water partition coefficient (Wildman–Crippen LogP) is 1.77. The first-order valence-electron chi connectivity index (χ1n) is 6.28. The highest BCUT2D eigenvalue weighted by molar-refractivity contribution is 9.10. The van der Waals surface area contributed by atoms with Gasteiger partial charge in [-0.25, -0.2) is 4.79 Å². The number of esters is 1. The third-order valence-corrected chi connectivity index (χ3v) is 4.17. The average Bonchev–Trinajstić information content (AvgIpc) is 2.48. The molecule has 1 heterocycles. The van der Waals surface area contributed by atoms with Crippen LogP contribution in [0.5, 0.6) is 0 Å². The Morgan fingerprint density at radius 2 is 2.20 bits per heavy atom. The predicted molar refractivity (Wildman–Crippen MR) is 76.5 cm³/mol. The second-order valence-electron chi connectivity index (χ2n) is 4.55. The molecule has 0 saturated carbocycles. The fourth-order valence-electron chi connectivity index (χ4n) is 2.12. The van der Waals surface area contributed by atoms with Crippen molar-refractivity contribution >= 4 is 27.8 Å². The molecule has 1 atom stereocenters. The molecule has 5 nitrogen and oxygen atoms in total. The van der Waals surface area contributed by atoms with Gasteiger partial charge in [-0.1, -0.05) is 22.0 Å². The molecule has 0 bridgehead atoms. The topological polar surface area (TPSA) is 55.8 Å². The Morgan fingerprint density at radius 1 is 1.45 bits per heavy atom. The van der Waals surface area contributed by atoms with Crippen LogP contribution >= 0.6 is 15.9 Å². The maximum atomic E-state index is 12.5. The van der Waals surface area contributed by atoms with Crippen molar-refractivity contribution in [2.45, 2.75) is 13.0 Å². The number of methoxy groups -OCH3 is 1. The van der Waals surface area contributed by atoms with Crippen molar-refractivity contribution in [2.24, 2.45) is 0 Å². The van der Waals surface area contributed by atoms with E-state index in [-0.39, 0.29) is 12.5 Å². The lowest BCUT2D eigenvalue weighted by Gasteiger charge is -2.31. The number of amides is 1. The third-order valence-electron chi connectivity index (χ3n) is 3.32. The Morgan fingerprint density at radius 3 is 2.90 bits per heavy atom. The van der Waals surface area contributed by atoms with E-state index in [2.05, 4.69) is 20.7 Å². The van der Waals surface area contributed by atoms with Crippen LogP contribution in [0.15, 0.2) is 22.7 Å². The van der Waals surface area contributed by atoms with Crippen molar-refractivity contribution in [1.82, 2.24) is 4.90 Å². The summed E-state index contributed by atoms with van der Waals surface area (Å²) >= 11 is 3.42. The van der Waals surface area contributed by atoms with Crippen LogP contribution < -0.4 is 0 Å². The largest absolute Gasteiger partial charge is 0.467 e. The number of nitrogens with zero attached hydrogens (tertiary/aromatic N) is 1. The average molecular weight is 342 g/mol. The van der Waals surface area contributed by atoms with Gasteiger partial charge >= 0.3 is 5.97 Å². The molecule has 6 heteroatoms. The van der Waals surface area contributed by atoms with Crippen molar-refractivity contribution < 1.29 is 19.1 Å². The molecule has 20 heavy (non-hydrogen) atoms. The molecule has 0 aromatic heterocycles. The first-order chi connectivity index (χ1) is 9.54. The number of benzene rings is 1. The molecular weight excluding hydrogens is 326 g/mol. The fourth-order valence-corrected chi connectivity index (χ4v) is 2.48. The second-order valence-corrected chi connectivity index (χ2v) is 5.40. The van der Waals surface area contributed by atoms with E-state index in [0.717, 1.165) is 10.0 Å². The van der Waals surface area contributed by atoms with Gasteiger partial charge in [-0.3, -0.25) is 4.79 Å². The SMILES string of the molecule is COC(=O)C1CN(C(=O)c2cccc(Br)c2C)CCO1. The summed E-state index contributed by atoms with van der Waals surface area (Å²) < 4.78 is 10.9. The lowest BCUT2D eigenvalue weighted by atomic mass is 10.1. The molecule has 0 spiro atoms. The van der Waals surface area contributed by atoms with Crippen molar-refractivity contribution in [3.8, 4) is 0 Å². The number of morpholine rings is 1. The molecule has 1 aromatic rings. The van der Waals surface area contributed by atoms with Crippen molar-refractivity contribution in [1.29, 1.82) is 0 Å². The van der Waals surface area contributed by atoms with E-state index in [1.54, 1.807) is 11.0 Å². The monoisotopic (exact) mass is 341 g/mol. The standard InChI is InChI=1S/C14H16BrNO4/c1-9-10(4-3-5-11(9)15)13(17)16-6-7-20-12(8-16)14(18)19-2/h3-5,12H,6-8H2,1-2H3. The summed E-state index contributed by atoms with van der Waals surface area (Å²) in [6.45, 7) is 2.91. The van der Waals surface area contributed by atoms with Crippen LogP contribution in [0.25, 0.3) is 0 Å². The highest BCUT2D eigenvalue weighted by Crippen LogP contribution is 2.21. The summed E-state index contributed by atoms with van der Waals surface area (Å²) in [5.41, 5.74) is 1.52. The zero-order valence-corrected chi connectivity index (χ0v) is 13.0. The van der Waals surface area contributed by atoms with E-state index >= 15 is 0 Å². The van der Waals surface area contributed by atoms with Gasteiger partial charge in [0.05, 0.1) is 20.3 Å². The molecule has 1 aliphatic rings. The van der Waals surface area contributed by atoms with Crippen LogP contribution in [0.2, 0.25) is 0 Å². The molecule has 1 saturated heterocycles. The minimum Gasteiger partial charge on any atom is -0.467 e. The molecule has 1 amide bonds. The highest BCUT2D eigenvalue weighted by Gasteiger charge is 2.30. The van der Waals surface area contributed by atoms with E-state index < -0.39 is 12.1 Å². The maximum Gasteiger partial charge on any atom is 0.336 e. The van der Waals surface area contributed by atoms with Gasteiger partial charge in [0, 0.05) is 16.6 Å². The number of hydrogen-bond donors (Lipinski definition) is 0. The number of carbonyl (C=O) groups is 2. The lowest BCUT2D eigenvalue weighted by Crippen LogP contribution is -2.49. The van der Waals surface area contributed by atoms with Gasteiger partial charge in [0.25, 0.3) is 5.91 Å². The molecule has 1 fully saturated rings. The minimum absolute atomic E-state index is 0.0963. The van der Waals surface area contributed by atoms with Gasteiger partial charge in [-0.2, -0.15) is 0 Å². The smallest absolute Gasteiger partial charge is 0.336 e. The van der Waals surface area contributed by atoms with E-state index in [1.165, 1.54) is 7.11 Å². The van der Waals surface area contributed by atoms with Gasteiger partial charge in [-0.05, 0) is 24.6 Å². The van der Waals surface area contributed by atoms with Crippen molar-refractivity contribution in [2.75, 3.05) is 26.8 Å². The quantitative estimate of drug-likeness (QED) is 0.769. The Bertz CT molecular complexity index is 532. The van der Waals surface area contributed by atoms with Crippen LogP contribution in [-0.4, -0.2) is 49.7 Å². The van der Waals surface area contributed by atoms with Gasteiger partial charge in [0.15, 0.2) is 6.10 Å². The van der Waals surface area contributed by atoms with E-state index in [9.17, 15) is 9.59 Å². The lowest BCUT2D eigenvalue weighted by molar-refractivity contribution is -0.158. The van der Waals surface area contributed by atoms with Crippen LogP contribution in [0.1, 0.15) is 15.9 Å². The molecule has 1 aliphatic heterocycles. The maximum absolute atomic E-state index is 12.5. The Kier molecular flexibility index (Phi) is 4.77. The van der Waals surface area contributed by atoms with Crippen LogP contribution in [0, 0.1) is 6.92 Å². The Balaban J connectivity index is 2.16. The summed E-state index contributed by atoms with van der Waals surface area (Å²) in [6.07, 6.45) is -0.704. The van der Waals surface area contributed by atoms with Crippen molar-refractivity contribution in [3.63, 3.8) is 0 Å². The molecule has 0 aliphatic carbocycles. The van der Waals surface area contributed by atoms with Gasteiger partial charge in [-0.15, -0.1) is 0 Å². The molecule has 1 unspecified atom stereocenters. The van der Waals surface area contributed by atoms with Gasteiger partial charge in [0.1, 0.15) is 0 Å². The number of ether oxygens (including phenoxy) is 2. The number of halogens is 1.